The van der Waals surface area contributed by atoms with E-state index in [-0.39, 0.29) is 34.7 Å². The zero-order valence-electron chi connectivity index (χ0n) is 29.7. The number of carbonyl (C=O) groups is 2. The van der Waals surface area contributed by atoms with Crippen LogP contribution >= 0.6 is 11.6 Å². The molecule has 0 saturated heterocycles. The fourth-order valence-electron chi connectivity index (χ4n) is 5.75. The van der Waals surface area contributed by atoms with Gasteiger partial charge in [-0.2, -0.15) is 9.97 Å². The van der Waals surface area contributed by atoms with Crippen LogP contribution in [0.15, 0.2) is 69.9 Å². The molecule has 0 saturated carbocycles. The molecule has 0 fully saturated rings. The van der Waals surface area contributed by atoms with Gasteiger partial charge in [0.1, 0.15) is 11.0 Å². The minimum atomic E-state index is -2.52. The Balaban J connectivity index is 0.000000155. The molecule has 288 valence electrons. The largest absolute Gasteiger partial charge is 0.459 e. The Labute approximate surface area is 315 Å². The van der Waals surface area contributed by atoms with Gasteiger partial charge in [0.25, 0.3) is 12.9 Å². The number of nitrogens with one attached hydrogen (secondary N) is 5. The second kappa shape index (κ2) is 15.3. The first-order valence-electron chi connectivity index (χ1n) is 16.7. The molecular formula is C36H35ClF4N10O4. The van der Waals surface area contributed by atoms with Gasteiger partial charge in [0.2, 0.25) is 23.0 Å². The van der Waals surface area contributed by atoms with E-state index >= 15 is 0 Å². The van der Waals surface area contributed by atoms with Crippen LogP contribution in [0.2, 0.25) is 5.28 Å². The molecule has 0 aliphatic carbocycles. The molecule has 6 heterocycles. The highest BCUT2D eigenvalue weighted by Crippen LogP contribution is 2.40. The third kappa shape index (κ3) is 8.33. The molecule has 0 unspecified atom stereocenters. The van der Waals surface area contributed by atoms with Gasteiger partial charge in [0.05, 0.1) is 36.4 Å². The highest BCUT2D eigenvalue weighted by atomic mass is 35.5. The van der Waals surface area contributed by atoms with Crippen molar-refractivity contribution < 1.29 is 36.0 Å². The Morgan fingerprint density at radius 2 is 1.24 bits per heavy atom. The van der Waals surface area contributed by atoms with Gasteiger partial charge in [-0.05, 0) is 74.7 Å². The lowest BCUT2D eigenvalue weighted by Gasteiger charge is -2.15. The summed E-state index contributed by atoms with van der Waals surface area (Å²) in [6.45, 7) is 6.47. The predicted molar refractivity (Wildman–Crippen MR) is 201 cm³/mol. The van der Waals surface area contributed by atoms with Gasteiger partial charge in [-0.25, -0.2) is 27.5 Å². The quantitative estimate of drug-likeness (QED) is 0.0496. The van der Waals surface area contributed by atoms with Crippen LogP contribution in [0.4, 0.5) is 57.9 Å². The van der Waals surface area contributed by atoms with Crippen LogP contribution in [-0.4, -0.2) is 57.7 Å². The average molecular weight is 783 g/mol. The van der Waals surface area contributed by atoms with E-state index in [1.54, 1.807) is 24.3 Å². The number of furan rings is 2. The van der Waals surface area contributed by atoms with E-state index < -0.39 is 36.8 Å². The predicted octanol–water partition coefficient (Wildman–Crippen LogP) is 7.92. The van der Waals surface area contributed by atoms with Crippen molar-refractivity contribution >= 4 is 85.9 Å². The second-order valence-corrected chi connectivity index (χ2v) is 13.7. The molecule has 2 aliphatic heterocycles. The molecule has 7 N–H and O–H groups in total. The lowest BCUT2D eigenvalue weighted by molar-refractivity contribution is -0.120. The Morgan fingerprint density at radius 3 is 1.80 bits per heavy atom. The maximum Gasteiger partial charge on any atom is 0.255 e. The summed E-state index contributed by atoms with van der Waals surface area (Å²) < 4.78 is 59.3. The first-order chi connectivity index (χ1) is 26.0. The van der Waals surface area contributed by atoms with Crippen molar-refractivity contribution in [3.63, 3.8) is 0 Å². The van der Waals surface area contributed by atoms with E-state index in [1.165, 1.54) is 12.5 Å². The lowest BCUT2D eigenvalue weighted by atomic mass is 9.86. The topological polar surface area (TPSA) is 198 Å². The number of fused-ring (bicyclic) bond motifs is 4. The number of nitrogens with zero attached hydrogens (tertiary/aromatic N) is 4. The molecule has 8 rings (SSSR count). The maximum absolute atomic E-state index is 12.5. The molecule has 19 heteroatoms. The molecule has 0 atom stereocenters. The second-order valence-electron chi connectivity index (χ2n) is 13.4. The van der Waals surface area contributed by atoms with Crippen molar-refractivity contribution in [2.24, 2.45) is 0 Å². The zero-order chi connectivity index (χ0) is 39.7. The first-order valence-corrected chi connectivity index (χ1v) is 17.0. The Kier molecular flexibility index (Phi) is 10.7. The monoisotopic (exact) mass is 782 g/mol. The first kappa shape index (κ1) is 38.6. The summed E-state index contributed by atoms with van der Waals surface area (Å²) in [4.78, 5) is 39.8. The number of amides is 2. The van der Waals surface area contributed by atoms with E-state index in [2.05, 4.69) is 46.5 Å². The molecule has 55 heavy (non-hydrogen) atoms. The van der Waals surface area contributed by atoms with E-state index in [9.17, 15) is 27.2 Å². The molecule has 2 amide bonds. The average Bonchev–Trinajstić information content (AvgIpc) is 3.88. The minimum Gasteiger partial charge on any atom is -0.459 e. The van der Waals surface area contributed by atoms with Gasteiger partial charge in [-0.3, -0.25) is 9.59 Å². The van der Waals surface area contributed by atoms with Crippen LogP contribution < -0.4 is 32.3 Å². The van der Waals surface area contributed by atoms with Gasteiger partial charge in [0, 0.05) is 34.9 Å². The summed E-state index contributed by atoms with van der Waals surface area (Å²) in [5, 5.41) is 13.7. The smallest absolute Gasteiger partial charge is 0.255 e. The number of nitrogens with two attached hydrogens (primary N) is 1. The Bertz CT molecular complexity index is 2380. The molecule has 2 aromatic carbocycles. The summed E-state index contributed by atoms with van der Waals surface area (Å²) in [5.41, 5.74) is 11.0. The van der Waals surface area contributed by atoms with Crippen LogP contribution in [0.25, 0.3) is 22.2 Å². The maximum atomic E-state index is 12.5. The number of aromatic nitrogens is 4. The van der Waals surface area contributed by atoms with Gasteiger partial charge in [-0.15, -0.1) is 0 Å². The molecule has 0 spiro atoms. The van der Waals surface area contributed by atoms with E-state index in [0.717, 1.165) is 22.5 Å². The number of anilines is 7. The fourth-order valence-corrected chi connectivity index (χ4v) is 5.93. The van der Waals surface area contributed by atoms with Crippen molar-refractivity contribution in [3.05, 3.63) is 77.5 Å². The highest BCUT2D eigenvalue weighted by Gasteiger charge is 2.39. The van der Waals surface area contributed by atoms with Gasteiger partial charge in [0.15, 0.2) is 22.8 Å². The number of hydrogen-bond donors (Lipinski definition) is 6. The van der Waals surface area contributed by atoms with Crippen LogP contribution in [-0.2, 0) is 20.4 Å². The van der Waals surface area contributed by atoms with E-state index in [4.69, 9.17) is 26.2 Å². The van der Waals surface area contributed by atoms with Gasteiger partial charge in [-0.1, -0.05) is 12.1 Å². The summed E-state index contributed by atoms with van der Waals surface area (Å²) in [6, 6.07) is 14.2. The standard InChI is InChI=1S/C18H17F2N5O2.C10H12N2O.C8H6ClF2N3O/c1-18(2)10-4-3-9(7-12(10)23-16(18)26)22-17-24-11-5-6-27-14(11)15(25-17)21-8-13(19)20;1-10(2)7-4-3-6(11)5-8(7)12-9(10)13;9-8-13-4-1-2-15-6(4)7(14-8)12-3-5(10)11/h3-7,13H,8H2,1-2H3,(H,23,26)(H2,21,22,24,25);3-5H,11H2,1-2H3,(H,12,13);1-2,5H,3H2,(H,12,13,14). The third-order valence-electron chi connectivity index (χ3n) is 8.73. The van der Waals surface area contributed by atoms with Gasteiger partial charge >= 0.3 is 0 Å². The molecule has 2 aliphatic rings. The van der Waals surface area contributed by atoms with E-state index in [0.29, 0.717) is 33.6 Å². The van der Waals surface area contributed by atoms with Crippen LogP contribution in [0, 0.1) is 0 Å². The van der Waals surface area contributed by atoms with Crippen molar-refractivity contribution in [2.75, 3.05) is 45.4 Å². The van der Waals surface area contributed by atoms with Crippen molar-refractivity contribution in [2.45, 2.75) is 51.4 Å². The summed E-state index contributed by atoms with van der Waals surface area (Å²) >= 11 is 5.60. The molecular weight excluding hydrogens is 748 g/mol. The van der Waals surface area contributed by atoms with E-state index in [1.807, 2.05) is 52.0 Å². The summed E-state index contributed by atoms with van der Waals surface area (Å²) in [6.07, 6.45) is -2.18. The number of halogens is 5. The van der Waals surface area contributed by atoms with Crippen LogP contribution in [0.5, 0.6) is 0 Å². The Morgan fingerprint density at radius 1 is 0.727 bits per heavy atom. The minimum absolute atomic E-state index is 0.0133. The molecule has 0 radical (unpaired) electrons. The molecule has 4 aromatic heterocycles. The van der Waals surface area contributed by atoms with Crippen molar-refractivity contribution in [3.8, 4) is 0 Å². The van der Waals surface area contributed by atoms with Crippen LogP contribution in [0.1, 0.15) is 38.8 Å². The number of rotatable bonds is 8. The molecule has 0 bridgehead atoms. The number of nitrogen functional groups attached to an aromatic ring is 1. The summed E-state index contributed by atoms with van der Waals surface area (Å²) in [5.74, 6) is 0.556. The molecule has 6 aromatic rings. The van der Waals surface area contributed by atoms with Crippen molar-refractivity contribution in [1.82, 2.24) is 19.9 Å². The zero-order valence-corrected chi connectivity index (χ0v) is 30.5. The number of benzene rings is 2. The molecule has 14 nitrogen and oxygen atoms in total. The highest BCUT2D eigenvalue weighted by molar-refractivity contribution is 6.28. The van der Waals surface area contributed by atoms with Crippen LogP contribution in [0.3, 0.4) is 0 Å². The summed E-state index contributed by atoms with van der Waals surface area (Å²) in [7, 11) is 0. The van der Waals surface area contributed by atoms with Gasteiger partial charge < -0.3 is 41.2 Å². The number of carbonyl (C=O) groups excluding carboxylic acids is 2. The third-order valence-corrected chi connectivity index (χ3v) is 8.89. The fraction of sp³-hybridized carbons (Fsp3) is 0.278. The Hall–Kier alpha value is -6.17. The number of hydrogen-bond acceptors (Lipinski definition) is 12. The van der Waals surface area contributed by atoms with Crippen molar-refractivity contribution in [1.29, 1.82) is 0 Å². The normalized spacial score (nSPS) is 14.7. The SMILES string of the molecule is CC1(C)C(=O)Nc2cc(N)ccc21.CC1(C)C(=O)Nc2cc(Nc3nc(NCC(F)F)c4occc4n3)ccc21.FC(F)CNc1nc(Cl)nc2ccoc12. The number of alkyl halides is 4. The lowest BCUT2D eigenvalue weighted by Crippen LogP contribution is -2.26.